The van der Waals surface area contributed by atoms with Gasteiger partial charge in [-0.15, -0.1) is 0 Å². The molecular formula is C14H11N3O2. The maximum Gasteiger partial charge on any atom is 0.161 e. The van der Waals surface area contributed by atoms with E-state index in [1.807, 2.05) is 30.3 Å². The molecule has 0 fully saturated rings. The molecule has 0 radical (unpaired) electrons. The molecule has 0 N–H and O–H groups in total. The van der Waals surface area contributed by atoms with Crippen molar-refractivity contribution in [2.75, 3.05) is 13.2 Å². The molecule has 0 aromatic heterocycles. The van der Waals surface area contributed by atoms with Crippen LogP contribution in [-0.4, -0.2) is 13.2 Å². The fourth-order valence-electron chi connectivity index (χ4n) is 2.00. The maximum absolute atomic E-state index is 8.37. The number of hydrogen-bond donors (Lipinski definition) is 0. The molecule has 0 atom stereocenters. The van der Waals surface area contributed by atoms with E-state index in [1.165, 1.54) is 0 Å². The molecule has 3 rings (SSSR count). The Morgan fingerprint density at radius 2 is 1.58 bits per heavy atom. The molecular weight excluding hydrogens is 242 g/mol. The SMILES string of the molecule is [N-]=[N+]=Nc1ccc(-c2ccc3c(c2)OCCO3)cc1. The molecule has 1 heterocycles. The van der Waals surface area contributed by atoms with Gasteiger partial charge >= 0.3 is 0 Å². The fraction of sp³-hybridized carbons (Fsp3) is 0.143. The smallest absolute Gasteiger partial charge is 0.161 e. The molecule has 1 aliphatic heterocycles. The van der Waals surface area contributed by atoms with Gasteiger partial charge in [0.2, 0.25) is 0 Å². The number of rotatable bonds is 2. The molecule has 0 saturated heterocycles. The summed E-state index contributed by atoms with van der Waals surface area (Å²) in [6.45, 7) is 1.17. The molecule has 2 aromatic carbocycles. The number of benzene rings is 2. The van der Waals surface area contributed by atoms with E-state index < -0.39 is 0 Å². The monoisotopic (exact) mass is 253 g/mol. The molecule has 0 unspecified atom stereocenters. The molecule has 1 aliphatic rings. The van der Waals surface area contributed by atoms with Gasteiger partial charge in [-0.1, -0.05) is 35.4 Å². The zero-order chi connectivity index (χ0) is 13.1. The van der Waals surface area contributed by atoms with E-state index in [0.29, 0.717) is 18.9 Å². The van der Waals surface area contributed by atoms with E-state index >= 15 is 0 Å². The first-order valence-corrected chi connectivity index (χ1v) is 5.92. The van der Waals surface area contributed by atoms with Gasteiger partial charge in [-0.25, -0.2) is 0 Å². The van der Waals surface area contributed by atoms with Crippen molar-refractivity contribution in [2.24, 2.45) is 5.11 Å². The van der Waals surface area contributed by atoms with Crippen molar-refractivity contribution in [1.82, 2.24) is 0 Å². The molecule has 0 bridgehead atoms. The average Bonchev–Trinajstić information content (AvgIpc) is 2.48. The highest BCUT2D eigenvalue weighted by atomic mass is 16.6. The zero-order valence-corrected chi connectivity index (χ0v) is 10.1. The topological polar surface area (TPSA) is 67.2 Å². The van der Waals surface area contributed by atoms with Crippen molar-refractivity contribution >= 4 is 5.69 Å². The third-order valence-electron chi connectivity index (χ3n) is 2.90. The summed E-state index contributed by atoms with van der Waals surface area (Å²) in [6.07, 6.45) is 0. The van der Waals surface area contributed by atoms with Crippen LogP contribution in [0.25, 0.3) is 21.6 Å². The lowest BCUT2D eigenvalue weighted by atomic mass is 10.0. The molecule has 0 amide bonds. The molecule has 5 nitrogen and oxygen atoms in total. The highest BCUT2D eigenvalue weighted by Crippen LogP contribution is 2.34. The second kappa shape index (κ2) is 4.92. The van der Waals surface area contributed by atoms with Crippen LogP contribution in [0.1, 0.15) is 0 Å². The first-order chi connectivity index (χ1) is 9.36. The highest BCUT2D eigenvalue weighted by molar-refractivity contribution is 5.68. The Morgan fingerprint density at radius 3 is 2.32 bits per heavy atom. The van der Waals surface area contributed by atoms with Gasteiger partial charge in [0.05, 0.1) is 0 Å². The summed E-state index contributed by atoms with van der Waals surface area (Å²) >= 11 is 0. The minimum absolute atomic E-state index is 0.576. The molecule has 5 heteroatoms. The number of azide groups is 1. The van der Waals surface area contributed by atoms with E-state index in [0.717, 1.165) is 22.6 Å². The van der Waals surface area contributed by atoms with Crippen LogP contribution in [0.3, 0.4) is 0 Å². The summed E-state index contributed by atoms with van der Waals surface area (Å²) in [7, 11) is 0. The molecule has 0 aliphatic carbocycles. The molecule has 2 aromatic rings. The Morgan fingerprint density at radius 1 is 0.895 bits per heavy atom. The van der Waals surface area contributed by atoms with Gasteiger partial charge in [0, 0.05) is 10.6 Å². The van der Waals surface area contributed by atoms with E-state index in [4.69, 9.17) is 15.0 Å². The first kappa shape index (κ1) is 11.4. The minimum Gasteiger partial charge on any atom is -0.486 e. The van der Waals surface area contributed by atoms with Crippen molar-refractivity contribution < 1.29 is 9.47 Å². The average molecular weight is 253 g/mol. The van der Waals surface area contributed by atoms with E-state index in [-0.39, 0.29) is 0 Å². The summed E-state index contributed by atoms with van der Waals surface area (Å²) < 4.78 is 11.0. The van der Waals surface area contributed by atoms with Crippen LogP contribution in [0, 0.1) is 0 Å². The Balaban J connectivity index is 1.95. The van der Waals surface area contributed by atoms with Crippen LogP contribution in [-0.2, 0) is 0 Å². The fourth-order valence-corrected chi connectivity index (χ4v) is 2.00. The van der Waals surface area contributed by atoms with E-state index in [2.05, 4.69) is 10.0 Å². The predicted octanol–water partition coefficient (Wildman–Crippen LogP) is 4.07. The Hall–Kier alpha value is -2.65. The second-order valence-corrected chi connectivity index (χ2v) is 4.09. The number of fused-ring (bicyclic) bond motifs is 1. The number of ether oxygens (including phenoxy) is 2. The van der Waals surface area contributed by atoms with Crippen molar-refractivity contribution in [1.29, 1.82) is 0 Å². The summed E-state index contributed by atoms with van der Waals surface area (Å²) in [5.41, 5.74) is 11.0. The lowest BCUT2D eigenvalue weighted by molar-refractivity contribution is 0.171. The van der Waals surface area contributed by atoms with Gasteiger partial charge in [0.1, 0.15) is 13.2 Å². The van der Waals surface area contributed by atoms with E-state index in [1.54, 1.807) is 12.1 Å². The molecule has 0 saturated carbocycles. The lowest BCUT2D eigenvalue weighted by Gasteiger charge is -2.18. The summed E-state index contributed by atoms with van der Waals surface area (Å²) in [5, 5.41) is 3.55. The summed E-state index contributed by atoms with van der Waals surface area (Å²) in [6, 6.07) is 13.2. The second-order valence-electron chi connectivity index (χ2n) is 4.09. The molecule has 0 spiro atoms. The van der Waals surface area contributed by atoms with Crippen LogP contribution in [0.2, 0.25) is 0 Å². The highest BCUT2D eigenvalue weighted by Gasteiger charge is 2.12. The lowest BCUT2D eigenvalue weighted by Crippen LogP contribution is -2.15. The predicted molar refractivity (Wildman–Crippen MR) is 71.7 cm³/mol. The Kier molecular flexibility index (Phi) is 2.96. The normalized spacial score (nSPS) is 12.6. The third-order valence-corrected chi connectivity index (χ3v) is 2.90. The van der Waals surface area contributed by atoms with Gasteiger partial charge < -0.3 is 9.47 Å². The standard InChI is InChI=1S/C14H11N3O2/c15-17-16-12-4-1-10(2-5-12)11-3-6-13-14(9-11)19-8-7-18-13/h1-6,9H,7-8H2. The minimum atomic E-state index is 0.576. The van der Waals surface area contributed by atoms with Gasteiger partial charge in [-0.3, -0.25) is 0 Å². The van der Waals surface area contributed by atoms with Gasteiger partial charge in [-0.05, 0) is 28.8 Å². The van der Waals surface area contributed by atoms with Crippen LogP contribution in [0.15, 0.2) is 47.6 Å². The zero-order valence-electron chi connectivity index (χ0n) is 10.1. The van der Waals surface area contributed by atoms with Crippen molar-refractivity contribution in [3.05, 3.63) is 52.9 Å². The molecule has 94 valence electrons. The Bertz CT molecular complexity index is 646. The number of hydrogen-bond acceptors (Lipinski definition) is 3. The largest absolute Gasteiger partial charge is 0.486 e. The van der Waals surface area contributed by atoms with Crippen molar-refractivity contribution in [2.45, 2.75) is 0 Å². The van der Waals surface area contributed by atoms with Crippen LogP contribution >= 0.6 is 0 Å². The van der Waals surface area contributed by atoms with Gasteiger partial charge in [-0.2, -0.15) is 0 Å². The van der Waals surface area contributed by atoms with E-state index in [9.17, 15) is 0 Å². The summed E-state index contributed by atoms with van der Waals surface area (Å²) in [5.74, 6) is 1.54. The molecule has 19 heavy (non-hydrogen) atoms. The van der Waals surface area contributed by atoms with Crippen molar-refractivity contribution in [3.8, 4) is 22.6 Å². The van der Waals surface area contributed by atoms with Crippen LogP contribution < -0.4 is 9.47 Å². The van der Waals surface area contributed by atoms with Crippen LogP contribution in [0.4, 0.5) is 5.69 Å². The van der Waals surface area contributed by atoms with Crippen molar-refractivity contribution in [3.63, 3.8) is 0 Å². The summed E-state index contributed by atoms with van der Waals surface area (Å²) in [4.78, 5) is 2.75. The third kappa shape index (κ3) is 2.32. The van der Waals surface area contributed by atoms with Crippen LogP contribution in [0.5, 0.6) is 11.5 Å². The Labute approximate surface area is 110 Å². The number of nitrogens with zero attached hydrogens (tertiary/aromatic N) is 3. The van der Waals surface area contributed by atoms with Gasteiger partial charge in [0.15, 0.2) is 11.5 Å². The maximum atomic E-state index is 8.37. The quantitative estimate of drug-likeness (QED) is 0.460. The van der Waals surface area contributed by atoms with Gasteiger partial charge in [0.25, 0.3) is 0 Å². The first-order valence-electron chi connectivity index (χ1n) is 5.92.